The molecule has 2 aliphatic heterocycles. The summed E-state index contributed by atoms with van der Waals surface area (Å²) in [5.41, 5.74) is 5.16. The molecule has 0 radical (unpaired) electrons. The highest BCUT2D eigenvalue weighted by Gasteiger charge is 2.22. The molecule has 4 nitrogen and oxygen atoms in total. The zero-order valence-corrected chi connectivity index (χ0v) is 13.7. The van der Waals surface area contributed by atoms with Crippen LogP contribution >= 0.6 is 0 Å². The number of rotatable bonds is 3. The molecule has 122 valence electrons. The van der Waals surface area contributed by atoms with Crippen molar-refractivity contribution in [3.05, 3.63) is 41.6 Å². The fourth-order valence-corrected chi connectivity index (χ4v) is 3.99. The molecule has 1 atom stereocenters. The molecule has 2 N–H and O–H groups in total. The average Bonchev–Trinajstić information content (AvgIpc) is 2.92. The van der Waals surface area contributed by atoms with Gasteiger partial charge in [-0.05, 0) is 38.3 Å². The summed E-state index contributed by atoms with van der Waals surface area (Å²) >= 11 is 0. The molecule has 1 saturated heterocycles. The number of nitrogens with zero attached hydrogens (tertiary/aromatic N) is 2. The van der Waals surface area contributed by atoms with Gasteiger partial charge in [-0.15, -0.1) is 0 Å². The Balaban J connectivity index is 1.46. The highest BCUT2D eigenvalue weighted by atomic mass is 15.2. The van der Waals surface area contributed by atoms with Gasteiger partial charge in [0.05, 0.1) is 5.69 Å². The number of nitrogens with one attached hydrogen (secondary N) is 2. The van der Waals surface area contributed by atoms with E-state index in [9.17, 15) is 0 Å². The van der Waals surface area contributed by atoms with Gasteiger partial charge < -0.3 is 10.2 Å². The standard InChI is InChI=1S/C19H26N4/c1-2-6-16(7-3-1)19-17-8-11-23(12-9-18(17)21-22-19)14-15-5-4-10-20-13-15/h1-3,6-7,15,20H,4-5,8-14H2,(H,21,22). The van der Waals surface area contributed by atoms with Crippen LogP contribution in [0.2, 0.25) is 0 Å². The van der Waals surface area contributed by atoms with Crippen molar-refractivity contribution in [3.63, 3.8) is 0 Å². The molecule has 0 saturated carbocycles. The lowest BCUT2D eigenvalue weighted by Gasteiger charge is -2.29. The molecule has 23 heavy (non-hydrogen) atoms. The summed E-state index contributed by atoms with van der Waals surface area (Å²) < 4.78 is 0. The molecule has 4 heteroatoms. The first kappa shape index (κ1) is 14.9. The van der Waals surface area contributed by atoms with Crippen LogP contribution in [0.5, 0.6) is 0 Å². The Bertz CT molecular complexity index is 628. The van der Waals surface area contributed by atoms with Gasteiger partial charge in [0.25, 0.3) is 0 Å². The maximum atomic E-state index is 4.60. The normalized spacial score (nSPS) is 22.5. The summed E-state index contributed by atoms with van der Waals surface area (Å²) in [6, 6.07) is 10.6. The van der Waals surface area contributed by atoms with Gasteiger partial charge in [-0.25, -0.2) is 0 Å². The first-order chi connectivity index (χ1) is 11.4. The van der Waals surface area contributed by atoms with E-state index >= 15 is 0 Å². The van der Waals surface area contributed by atoms with Crippen molar-refractivity contribution in [1.29, 1.82) is 0 Å². The zero-order chi connectivity index (χ0) is 15.5. The lowest BCUT2D eigenvalue weighted by molar-refractivity contribution is 0.215. The number of H-pyrrole nitrogens is 1. The van der Waals surface area contributed by atoms with Crippen LogP contribution in [0.1, 0.15) is 24.1 Å². The van der Waals surface area contributed by atoms with Gasteiger partial charge >= 0.3 is 0 Å². The highest BCUT2D eigenvalue weighted by molar-refractivity contribution is 5.64. The molecular formula is C19H26N4. The van der Waals surface area contributed by atoms with Gasteiger partial charge in [0.15, 0.2) is 0 Å². The van der Waals surface area contributed by atoms with Crippen molar-refractivity contribution in [2.75, 3.05) is 32.7 Å². The van der Waals surface area contributed by atoms with Gasteiger partial charge in [0.1, 0.15) is 0 Å². The molecule has 1 fully saturated rings. The highest BCUT2D eigenvalue weighted by Crippen LogP contribution is 2.26. The van der Waals surface area contributed by atoms with E-state index < -0.39 is 0 Å². The predicted molar refractivity (Wildman–Crippen MR) is 93.5 cm³/mol. The second-order valence-electron chi connectivity index (χ2n) is 6.91. The Morgan fingerprint density at radius 1 is 1.13 bits per heavy atom. The lowest BCUT2D eigenvalue weighted by atomic mass is 9.99. The van der Waals surface area contributed by atoms with E-state index in [1.54, 1.807) is 0 Å². The zero-order valence-electron chi connectivity index (χ0n) is 13.7. The molecule has 2 aromatic rings. The fourth-order valence-electron chi connectivity index (χ4n) is 3.99. The van der Waals surface area contributed by atoms with Gasteiger partial charge in [0, 0.05) is 42.9 Å². The number of aromatic nitrogens is 2. The molecule has 1 unspecified atom stereocenters. The molecule has 0 aliphatic carbocycles. The predicted octanol–water partition coefficient (Wildman–Crippen LogP) is 2.48. The van der Waals surface area contributed by atoms with Crippen LogP contribution in [0.3, 0.4) is 0 Å². The van der Waals surface area contributed by atoms with Crippen molar-refractivity contribution < 1.29 is 0 Å². The summed E-state index contributed by atoms with van der Waals surface area (Å²) in [4.78, 5) is 2.65. The van der Waals surface area contributed by atoms with E-state index in [0.717, 1.165) is 37.5 Å². The Hall–Kier alpha value is -1.65. The monoisotopic (exact) mass is 310 g/mol. The maximum absolute atomic E-state index is 4.60. The van der Waals surface area contributed by atoms with Crippen molar-refractivity contribution in [1.82, 2.24) is 20.4 Å². The van der Waals surface area contributed by atoms with Crippen molar-refractivity contribution in [2.24, 2.45) is 5.92 Å². The first-order valence-corrected chi connectivity index (χ1v) is 8.95. The first-order valence-electron chi connectivity index (χ1n) is 8.95. The third-order valence-electron chi connectivity index (χ3n) is 5.27. The summed E-state index contributed by atoms with van der Waals surface area (Å²) in [6.45, 7) is 5.94. The Morgan fingerprint density at radius 2 is 2.00 bits per heavy atom. The largest absolute Gasteiger partial charge is 0.316 e. The molecule has 2 aliphatic rings. The molecule has 3 heterocycles. The van der Waals surface area contributed by atoms with E-state index in [1.165, 1.54) is 49.3 Å². The molecular weight excluding hydrogens is 284 g/mol. The summed E-state index contributed by atoms with van der Waals surface area (Å²) in [7, 11) is 0. The number of hydrogen-bond donors (Lipinski definition) is 2. The van der Waals surface area contributed by atoms with E-state index in [0.29, 0.717) is 0 Å². The van der Waals surface area contributed by atoms with Gasteiger partial charge in [-0.2, -0.15) is 5.10 Å². The minimum absolute atomic E-state index is 0.826. The van der Waals surface area contributed by atoms with E-state index in [-0.39, 0.29) is 0 Å². The number of piperidine rings is 1. The molecule has 1 aromatic carbocycles. The maximum Gasteiger partial charge on any atom is 0.0955 e. The van der Waals surface area contributed by atoms with Crippen LogP contribution in [0.4, 0.5) is 0 Å². The fraction of sp³-hybridized carbons (Fsp3) is 0.526. The molecule has 0 amide bonds. The van der Waals surface area contributed by atoms with Crippen LogP contribution in [-0.4, -0.2) is 47.8 Å². The SMILES string of the molecule is c1ccc(-c2n[nH]c3c2CCN(CC2CCCNC2)CC3)cc1. The van der Waals surface area contributed by atoms with Crippen molar-refractivity contribution in [2.45, 2.75) is 25.7 Å². The summed E-state index contributed by atoms with van der Waals surface area (Å²) in [5.74, 6) is 0.826. The summed E-state index contributed by atoms with van der Waals surface area (Å²) in [6.07, 6.45) is 4.91. The Kier molecular flexibility index (Phi) is 4.44. The number of hydrogen-bond acceptors (Lipinski definition) is 3. The second kappa shape index (κ2) is 6.85. The quantitative estimate of drug-likeness (QED) is 0.915. The van der Waals surface area contributed by atoms with Gasteiger partial charge in [0.2, 0.25) is 0 Å². The molecule has 4 rings (SSSR count). The smallest absolute Gasteiger partial charge is 0.0955 e. The molecule has 1 aromatic heterocycles. The number of benzene rings is 1. The van der Waals surface area contributed by atoms with E-state index in [4.69, 9.17) is 0 Å². The third kappa shape index (κ3) is 3.33. The van der Waals surface area contributed by atoms with E-state index in [2.05, 4.69) is 50.7 Å². The molecule has 0 spiro atoms. The van der Waals surface area contributed by atoms with Crippen LogP contribution < -0.4 is 5.32 Å². The number of aromatic amines is 1. The van der Waals surface area contributed by atoms with Crippen LogP contribution in [0, 0.1) is 5.92 Å². The van der Waals surface area contributed by atoms with Gasteiger partial charge in [-0.1, -0.05) is 30.3 Å². The lowest BCUT2D eigenvalue weighted by Crippen LogP contribution is -2.39. The summed E-state index contributed by atoms with van der Waals surface area (Å²) in [5, 5.41) is 11.4. The van der Waals surface area contributed by atoms with Crippen LogP contribution in [0.15, 0.2) is 30.3 Å². The number of fused-ring (bicyclic) bond motifs is 1. The topological polar surface area (TPSA) is 44.0 Å². The minimum atomic E-state index is 0.826. The van der Waals surface area contributed by atoms with Crippen LogP contribution in [0.25, 0.3) is 11.3 Å². The van der Waals surface area contributed by atoms with Crippen molar-refractivity contribution >= 4 is 0 Å². The van der Waals surface area contributed by atoms with E-state index in [1.807, 2.05) is 0 Å². The second-order valence-corrected chi connectivity index (χ2v) is 6.91. The van der Waals surface area contributed by atoms with Gasteiger partial charge in [-0.3, -0.25) is 5.10 Å². The molecule has 0 bridgehead atoms. The van der Waals surface area contributed by atoms with Crippen LogP contribution in [-0.2, 0) is 12.8 Å². The third-order valence-corrected chi connectivity index (χ3v) is 5.27. The average molecular weight is 310 g/mol. The Labute approximate surface area is 138 Å². The van der Waals surface area contributed by atoms with Crippen molar-refractivity contribution in [3.8, 4) is 11.3 Å². The Morgan fingerprint density at radius 3 is 2.83 bits per heavy atom. The minimum Gasteiger partial charge on any atom is -0.316 e.